The van der Waals surface area contributed by atoms with Crippen LogP contribution in [0, 0.1) is 6.92 Å². The fourth-order valence-electron chi connectivity index (χ4n) is 1.17. The van der Waals surface area contributed by atoms with Crippen molar-refractivity contribution in [3.05, 3.63) is 5.69 Å². The van der Waals surface area contributed by atoms with Gasteiger partial charge in [-0.05, 0) is 29.1 Å². The molecule has 0 saturated carbocycles. The van der Waals surface area contributed by atoms with Crippen LogP contribution >= 0.6 is 11.8 Å². The standard InChI is InChI=1S/C7H11N7S/c1-4-5(8)6(13(2)10-4)15-7-9-11-12-14(7)3/h8H2,1-3H3. The second-order valence-electron chi connectivity index (χ2n) is 3.11. The maximum absolute atomic E-state index is 5.89. The van der Waals surface area contributed by atoms with Crippen molar-refractivity contribution in [2.75, 3.05) is 5.73 Å². The number of hydrogen-bond acceptors (Lipinski definition) is 6. The average Bonchev–Trinajstić information content (AvgIpc) is 2.67. The number of aromatic nitrogens is 6. The summed E-state index contributed by atoms with van der Waals surface area (Å²) in [5.41, 5.74) is 7.37. The Kier molecular flexibility index (Phi) is 2.35. The minimum atomic E-state index is 0.672. The first-order chi connectivity index (χ1) is 7.09. The molecular formula is C7H11N7S. The molecule has 0 saturated heterocycles. The van der Waals surface area contributed by atoms with Crippen LogP contribution in [-0.2, 0) is 14.1 Å². The first kappa shape index (κ1) is 9.97. The van der Waals surface area contributed by atoms with Gasteiger partial charge in [-0.2, -0.15) is 5.10 Å². The van der Waals surface area contributed by atoms with E-state index in [9.17, 15) is 0 Å². The molecule has 2 N–H and O–H groups in total. The molecule has 0 fully saturated rings. The highest BCUT2D eigenvalue weighted by Crippen LogP contribution is 2.31. The lowest BCUT2D eigenvalue weighted by molar-refractivity contribution is 0.658. The molecule has 2 aromatic rings. The van der Waals surface area contributed by atoms with Crippen molar-refractivity contribution >= 4 is 17.4 Å². The van der Waals surface area contributed by atoms with Gasteiger partial charge in [-0.1, -0.05) is 0 Å². The molecule has 15 heavy (non-hydrogen) atoms. The number of nitrogens with two attached hydrogens (primary N) is 1. The van der Waals surface area contributed by atoms with Crippen LogP contribution in [0.2, 0.25) is 0 Å². The monoisotopic (exact) mass is 225 g/mol. The molecule has 0 aliphatic rings. The van der Waals surface area contributed by atoms with E-state index in [0.717, 1.165) is 10.7 Å². The molecule has 2 rings (SSSR count). The predicted octanol–water partition coefficient (Wildman–Crippen LogP) is -0.0146. The van der Waals surface area contributed by atoms with E-state index in [2.05, 4.69) is 20.6 Å². The minimum Gasteiger partial charge on any atom is -0.395 e. The molecule has 0 aromatic carbocycles. The van der Waals surface area contributed by atoms with E-state index in [0.29, 0.717) is 10.8 Å². The maximum Gasteiger partial charge on any atom is 0.215 e. The van der Waals surface area contributed by atoms with E-state index in [-0.39, 0.29) is 0 Å². The first-order valence-corrected chi connectivity index (χ1v) is 5.10. The molecule has 0 amide bonds. The highest BCUT2D eigenvalue weighted by Gasteiger charge is 2.14. The lowest BCUT2D eigenvalue weighted by Crippen LogP contribution is -1.97. The maximum atomic E-state index is 5.89. The fraction of sp³-hybridized carbons (Fsp3) is 0.429. The molecular weight excluding hydrogens is 214 g/mol. The normalized spacial score (nSPS) is 10.9. The fourth-order valence-corrected chi connectivity index (χ4v) is 2.02. The summed E-state index contributed by atoms with van der Waals surface area (Å²) in [5.74, 6) is 0. The first-order valence-electron chi connectivity index (χ1n) is 4.29. The van der Waals surface area contributed by atoms with Crippen LogP contribution in [0.1, 0.15) is 5.69 Å². The molecule has 2 heterocycles. The smallest absolute Gasteiger partial charge is 0.215 e. The molecule has 7 nitrogen and oxygen atoms in total. The van der Waals surface area contributed by atoms with Gasteiger partial charge in [0.05, 0.1) is 11.4 Å². The van der Waals surface area contributed by atoms with Crippen LogP contribution in [0.4, 0.5) is 5.69 Å². The molecule has 0 spiro atoms. The van der Waals surface area contributed by atoms with E-state index in [1.54, 1.807) is 16.4 Å². The highest BCUT2D eigenvalue weighted by atomic mass is 32.2. The van der Waals surface area contributed by atoms with Crippen molar-refractivity contribution < 1.29 is 0 Å². The third-order valence-electron chi connectivity index (χ3n) is 1.98. The zero-order valence-corrected chi connectivity index (χ0v) is 9.49. The molecule has 0 atom stereocenters. The zero-order chi connectivity index (χ0) is 11.0. The molecule has 2 aromatic heterocycles. The topological polar surface area (TPSA) is 87.4 Å². The van der Waals surface area contributed by atoms with Crippen molar-refractivity contribution in [3.63, 3.8) is 0 Å². The summed E-state index contributed by atoms with van der Waals surface area (Å²) in [7, 11) is 3.62. The molecule has 8 heteroatoms. The number of aryl methyl sites for hydroxylation is 3. The Morgan fingerprint density at radius 2 is 2.00 bits per heavy atom. The number of tetrazole rings is 1. The summed E-state index contributed by atoms with van der Waals surface area (Å²) >= 11 is 1.40. The van der Waals surface area contributed by atoms with E-state index >= 15 is 0 Å². The largest absolute Gasteiger partial charge is 0.395 e. The van der Waals surface area contributed by atoms with Crippen LogP contribution in [0.15, 0.2) is 10.2 Å². The van der Waals surface area contributed by atoms with Crippen molar-refractivity contribution in [2.24, 2.45) is 14.1 Å². The SMILES string of the molecule is Cc1nn(C)c(Sc2nnnn2C)c1N. The van der Waals surface area contributed by atoms with Crippen molar-refractivity contribution in [3.8, 4) is 0 Å². The Hall–Kier alpha value is -1.57. The summed E-state index contributed by atoms with van der Waals surface area (Å²) in [6.45, 7) is 1.87. The van der Waals surface area contributed by atoms with Crippen LogP contribution in [-0.4, -0.2) is 30.0 Å². The van der Waals surface area contributed by atoms with E-state index < -0.39 is 0 Å². The van der Waals surface area contributed by atoms with Gasteiger partial charge in [-0.15, -0.1) is 5.10 Å². The Morgan fingerprint density at radius 1 is 1.27 bits per heavy atom. The van der Waals surface area contributed by atoms with Crippen LogP contribution < -0.4 is 5.73 Å². The van der Waals surface area contributed by atoms with Crippen LogP contribution in [0.5, 0.6) is 0 Å². The number of rotatable bonds is 2. The molecule has 0 radical (unpaired) electrons. The van der Waals surface area contributed by atoms with Crippen LogP contribution in [0.25, 0.3) is 0 Å². The van der Waals surface area contributed by atoms with Gasteiger partial charge in [0, 0.05) is 14.1 Å². The van der Waals surface area contributed by atoms with Gasteiger partial charge < -0.3 is 5.73 Å². The van der Waals surface area contributed by atoms with Gasteiger partial charge in [-0.25, -0.2) is 4.68 Å². The van der Waals surface area contributed by atoms with Gasteiger partial charge in [0.25, 0.3) is 0 Å². The summed E-state index contributed by atoms with van der Waals surface area (Å²) in [4.78, 5) is 0. The van der Waals surface area contributed by atoms with E-state index in [1.165, 1.54) is 11.8 Å². The van der Waals surface area contributed by atoms with E-state index in [4.69, 9.17) is 5.73 Å². The van der Waals surface area contributed by atoms with E-state index in [1.807, 2.05) is 14.0 Å². The number of hydrogen-bond donors (Lipinski definition) is 1. The van der Waals surface area contributed by atoms with Gasteiger partial charge in [0.2, 0.25) is 5.16 Å². The Morgan fingerprint density at radius 3 is 2.47 bits per heavy atom. The minimum absolute atomic E-state index is 0.672. The van der Waals surface area contributed by atoms with Crippen molar-refractivity contribution in [2.45, 2.75) is 17.1 Å². The lowest BCUT2D eigenvalue weighted by Gasteiger charge is -2.00. The second-order valence-corrected chi connectivity index (χ2v) is 4.07. The average molecular weight is 225 g/mol. The summed E-state index contributed by atoms with van der Waals surface area (Å²) in [6.07, 6.45) is 0. The summed E-state index contributed by atoms with van der Waals surface area (Å²) in [5, 5.41) is 16.9. The third-order valence-corrected chi connectivity index (χ3v) is 3.19. The lowest BCUT2D eigenvalue weighted by atomic mass is 10.4. The van der Waals surface area contributed by atoms with Gasteiger partial charge in [-0.3, -0.25) is 4.68 Å². The summed E-state index contributed by atoms with van der Waals surface area (Å²) < 4.78 is 3.32. The Labute approximate surface area is 90.6 Å². The number of nitrogens with zero attached hydrogens (tertiary/aromatic N) is 6. The number of anilines is 1. The highest BCUT2D eigenvalue weighted by molar-refractivity contribution is 7.99. The van der Waals surface area contributed by atoms with Crippen molar-refractivity contribution in [1.29, 1.82) is 0 Å². The summed E-state index contributed by atoms with van der Waals surface area (Å²) in [6, 6.07) is 0. The molecule has 0 aliphatic carbocycles. The molecule has 80 valence electrons. The predicted molar refractivity (Wildman–Crippen MR) is 55.3 cm³/mol. The third kappa shape index (κ3) is 1.67. The Bertz CT molecular complexity index is 485. The second kappa shape index (κ2) is 3.54. The molecule has 0 aliphatic heterocycles. The molecule has 0 unspecified atom stereocenters. The van der Waals surface area contributed by atoms with Crippen molar-refractivity contribution in [1.82, 2.24) is 30.0 Å². The number of nitrogen functional groups attached to an aromatic ring is 1. The van der Waals surface area contributed by atoms with Crippen LogP contribution in [0.3, 0.4) is 0 Å². The quantitative estimate of drug-likeness (QED) is 0.773. The van der Waals surface area contributed by atoms with Gasteiger partial charge >= 0.3 is 0 Å². The van der Waals surface area contributed by atoms with Gasteiger partial charge in [0.15, 0.2) is 0 Å². The molecule has 0 bridgehead atoms. The Balaban J connectivity index is 2.36. The van der Waals surface area contributed by atoms with Gasteiger partial charge in [0.1, 0.15) is 5.03 Å². The zero-order valence-electron chi connectivity index (χ0n) is 8.67.